The predicted molar refractivity (Wildman–Crippen MR) is 72.5 cm³/mol. The number of carbonyl (C=O) groups is 2. The molecule has 1 aromatic heterocycles. The molecule has 0 unspecified atom stereocenters. The number of carboxylic acid groups (broad SMARTS) is 1. The van der Waals surface area contributed by atoms with E-state index in [0.717, 1.165) is 12.8 Å². The smallest absolute Gasteiger partial charge is 0.226 e. The standard InChI is InChI=1S/C13H20N2O3S/c1-3-4-5-10(12(17)18)9(2)8-11(16)15-13-14-6-7-19-13/h6-7,9-10H,3-5,8H2,1-2H3,(H,17,18)(H,14,15,16)/p-1/t9-,10-/m0/s1. The zero-order valence-electron chi connectivity index (χ0n) is 11.2. The number of nitrogens with one attached hydrogen (secondary N) is 1. The van der Waals surface area contributed by atoms with Crippen molar-refractivity contribution in [2.75, 3.05) is 5.32 Å². The average Bonchev–Trinajstić information content (AvgIpc) is 2.81. The van der Waals surface area contributed by atoms with Gasteiger partial charge >= 0.3 is 0 Å². The van der Waals surface area contributed by atoms with Crippen LogP contribution in [0.3, 0.4) is 0 Å². The zero-order chi connectivity index (χ0) is 14.3. The minimum absolute atomic E-state index is 0.169. The van der Waals surface area contributed by atoms with E-state index in [1.807, 2.05) is 6.92 Å². The number of aromatic nitrogens is 1. The number of carbonyl (C=O) groups excluding carboxylic acids is 2. The molecule has 1 heterocycles. The molecule has 1 rings (SSSR count). The quantitative estimate of drug-likeness (QED) is 0.786. The predicted octanol–water partition coefficient (Wildman–Crippen LogP) is 1.66. The number of anilines is 1. The SMILES string of the molecule is CCCC[C@H](C(=O)[O-])[C@@H](C)CC(=O)Nc1nccs1. The molecule has 0 radical (unpaired) electrons. The Morgan fingerprint density at radius 2 is 2.26 bits per heavy atom. The van der Waals surface area contributed by atoms with Crippen LogP contribution in [0.2, 0.25) is 0 Å². The number of rotatable bonds is 8. The van der Waals surface area contributed by atoms with Gasteiger partial charge in [0.2, 0.25) is 5.91 Å². The molecule has 0 fully saturated rings. The number of thiazole rings is 1. The molecule has 0 bridgehead atoms. The van der Waals surface area contributed by atoms with Gasteiger partial charge < -0.3 is 15.2 Å². The molecule has 106 valence electrons. The Morgan fingerprint density at radius 3 is 2.79 bits per heavy atom. The van der Waals surface area contributed by atoms with E-state index in [9.17, 15) is 14.7 Å². The Bertz CT molecular complexity index is 406. The van der Waals surface area contributed by atoms with Crippen LogP contribution in [-0.2, 0) is 9.59 Å². The maximum Gasteiger partial charge on any atom is 0.226 e. The summed E-state index contributed by atoms with van der Waals surface area (Å²) >= 11 is 1.34. The minimum atomic E-state index is -1.07. The lowest BCUT2D eigenvalue weighted by Crippen LogP contribution is -2.36. The summed E-state index contributed by atoms with van der Waals surface area (Å²) in [6.07, 6.45) is 4.10. The molecule has 6 heteroatoms. The number of aliphatic carboxylic acids is 1. The van der Waals surface area contributed by atoms with Gasteiger partial charge in [0.25, 0.3) is 0 Å². The monoisotopic (exact) mass is 283 g/mol. The van der Waals surface area contributed by atoms with E-state index in [4.69, 9.17) is 0 Å². The Hall–Kier alpha value is -1.43. The summed E-state index contributed by atoms with van der Waals surface area (Å²) in [5.74, 6) is -2.08. The fraction of sp³-hybridized carbons (Fsp3) is 0.615. The second-order valence-corrected chi connectivity index (χ2v) is 5.53. The van der Waals surface area contributed by atoms with Crippen LogP contribution in [0.15, 0.2) is 11.6 Å². The van der Waals surface area contributed by atoms with Crippen LogP contribution in [0.4, 0.5) is 5.13 Å². The van der Waals surface area contributed by atoms with Gasteiger partial charge in [0.1, 0.15) is 0 Å². The third-order valence-electron chi connectivity index (χ3n) is 3.04. The molecule has 2 atom stereocenters. The van der Waals surface area contributed by atoms with Gasteiger partial charge in [-0.1, -0.05) is 26.7 Å². The number of amides is 1. The fourth-order valence-corrected chi connectivity index (χ4v) is 2.49. The highest BCUT2D eigenvalue weighted by Gasteiger charge is 2.21. The lowest BCUT2D eigenvalue weighted by Gasteiger charge is -2.24. The van der Waals surface area contributed by atoms with Crippen molar-refractivity contribution in [2.45, 2.75) is 39.5 Å². The highest BCUT2D eigenvalue weighted by Crippen LogP contribution is 2.22. The summed E-state index contributed by atoms with van der Waals surface area (Å²) < 4.78 is 0. The maximum absolute atomic E-state index is 11.8. The van der Waals surface area contributed by atoms with E-state index in [1.54, 1.807) is 18.5 Å². The van der Waals surface area contributed by atoms with Gasteiger partial charge in [-0.25, -0.2) is 4.98 Å². The van der Waals surface area contributed by atoms with Gasteiger partial charge in [-0.15, -0.1) is 11.3 Å². The van der Waals surface area contributed by atoms with E-state index in [-0.39, 0.29) is 18.2 Å². The first-order valence-corrected chi connectivity index (χ1v) is 7.32. The van der Waals surface area contributed by atoms with Crippen molar-refractivity contribution in [2.24, 2.45) is 11.8 Å². The molecule has 5 nitrogen and oxygen atoms in total. The van der Waals surface area contributed by atoms with E-state index in [1.165, 1.54) is 11.3 Å². The third kappa shape index (κ3) is 5.38. The van der Waals surface area contributed by atoms with Crippen molar-refractivity contribution >= 4 is 28.3 Å². The lowest BCUT2D eigenvalue weighted by molar-refractivity contribution is -0.313. The number of hydrogen-bond acceptors (Lipinski definition) is 5. The number of unbranched alkanes of at least 4 members (excludes halogenated alkanes) is 1. The number of carboxylic acids is 1. The molecule has 0 saturated carbocycles. The zero-order valence-corrected chi connectivity index (χ0v) is 12.0. The van der Waals surface area contributed by atoms with Crippen LogP contribution < -0.4 is 10.4 Å². The Labute approximate surface area is 117 Å². The molecule has 0 spiro atoms. The summed E-state index contributed by atoms with van der Waals surface area (Å²) in [5, 5.41) is 16.1. The minimum Gasteiger partial charge on any atom is -0.550 e. The largest absolute Gasteiger partial charge is 0.550 e. The topological polar surface area (TPSA) is 82.1 Å². The molecule has 0 aromatic carbocycles. The molecule has 0 aliphatic rings. The summed E-state index contributed by atoms with van der Waals surface area (Å²) in [6.45, 7) is 3.78. The molecule has 0 aliphatic heterocycles. The molecule has 1 amide bonds. The third-order valence-corrected chi connectivity index (χ3v) is 3.73. The normalized spacial score (nSPS) is 13.8. The van der Waals surface area contributed by atoms with Crippen molar-refractivity contribution in [3.8, 4) is 0 Å². The summed E-state index contributed by atoms with van der Waals surface area (Å²) in [5.41, 5.74) is 0. The fourth-order valence-electron chi connectivity index (χ4n) is 1.95. The number of hydrogen-bond donors (Lipinski definition) is 1. The first-order valence-electron chi connectivity index (χ1n) is 6.44. The van der Waals surface area contributed by atoms with Crippen molar-refractivity contribution in [1.29, 1.82) is 0 Å². The molecule has 19 heavy (non-hydrogen) atoms. The summed E-state index contributed by atoms with van der Waals surface area (Å²) in [7, 11) is 0. The average molecular weight is 283 g/mol. The summed E-state index contributed by atoms with van der Waals surface area (Å²) in [4.78, 5) is 26.8. The van der Waals surface area contributed by atoms with Gasteiger partial charge in [0, 0.05) is 29.9 Å². The Kier molecular flexibility index (Phi) is 6.49. The van der Waals surface area contributed by atoms with Crippen molar-refractivity contribution in [3.05, 3.63) is 11.6 Å². The van der Waals surface area contributed by atoms with Gasteiger partial charge in [-0.2, -0.15) is 0 Å². The first-order chi connectivity index (χ1) is 9.04. The van der Waals surface area contributed by atoms with Gasteiger partial charge in [-0.3, -0.25) is 4.79 Å². The second kappa shape index (κ2) is 7.89. The Balaban J connectivity index is 2.48. The molecular weight excluding hydrogens is 264 g/mol. The van der Waals surface area contributed by atoms with E-state index >= 15 is 0 Å². The van der Waals surface area contributed by atoms with Crippen LogP contribution in [0, 0.1) is 11.8 Å². The maximum atomic E-state index is 11.8. The Morgan fingerprint density at radius 1 is 1.53 bits per heavy atom. The molecule has 0 saturated heterocycles. The van der Waals surface area contributed by atoms with Gasteiger partial charge in [0.15, 0.2) is 5.13 Å². The van der Waals surface area contributed by atoms with Crippen LogP contribution in [0.5, 0.6) is 0 Å². The van der Waals surface area contributed by atoms with Crippen LogP contribution >= 0.6 is 11.3 Å². The molecule has 1 aromatic rings. The highest BCUT2D eigenvalue weighted by atomic mass is 32.1. The van der Waals surface area contributed by atoms with Crippen molar-refractivity contribution < 1.29 is 14.7 Å². The van der Waals surface area contributed by atoms with E-state index < -0.39 is 11.9 Å². The molecule has 1 N–H and O–H groups in total. The molecule has 0 aliphatic carbocycles. The molecular formula is C13H19N2O3S-. The van der Waals surface area contributed by atoms with Gasteiger partial charge in [-0.05, 0) is 12.3 Å². The lowest BCUT2D eigenvalue weighted by atomic mass is 9.87. The van der Waals surface area contributed by atoms with Crippen LogP contribution in [0.1, 0.15) is 39.5 Å². The van der Waals surface area contributed by atoms with Crippen molar-refractivity contribution in [1.82, 2.24) is 4.98 Å². The highest BCUT2D eigenvalue weighted by molar-refractivity contribution is 7.13. The van der Waals surface area contributed by atoms with Crippen molar-refractivity contribution in [3.63, 3.8) is 0 Å². The second-order valence-electron chi connectivity index (χ2n) is 4.63. The van der Waals surface area contributed by atoms with E-state index in [2.05, 4.69) is 10.3 Å². The number of nitrogens with zero attached hydrogens (tertiary/aromatic N) is 1. The van der Waals surface area contributed by atoms with Crippen LogP contribution in [-0.4, -0.2) is 16.9 Å². The van der Waals surface area contributed by atoms with Crippen LogP contribution in [0.25, 0.3) is 0 Å². The first kappa shape index (κ1) is 15.6. The van der Waals surface area contributed by atoms with Gasteiger partial charge in [0.05, 0.1) is 0 Å². The van der Waals surface area contributed by atoms with E-state index in [0.29, 0.717) is 11.6 Å². The summed E-state index contributed by atoms with van der Waals surface area (Å²) in [6, 6.07) is 0.